The van der Waals surface area contributed by atoms with Crippen LogP contribution in [0.4, 0.5) is 5.82 Å². The molecule has 0 aromatic carbocycles. The van der Waals surface area contributed by atoms with Crippen molar-refractivity contribution in [3.05, 3.63) is 36.0 Å². The molecule has 1 aliphatic rings. The van der Waals surface area contributed by atoms with Crippen LogP contribution in [0.3, 0.4) is 0 Å². The number of hydrogen-bond acceptors (Lipinski definition) is 3. The first-order valence-corrected chi connectivity index (χ1v) is 5.39. The zero-order chi connectivity index (χ0) is 10.7. The summed E-state index contributed by atoms with van der Waals surface area (Å²) in [4.78, 5) is 6.71. The SMILES string of the molecule is CC(N)c1cccnc1N1CC=CCC1. The molecule has 1 atom stereocenters. The van der Waals surface area contributed by atoms with E-state index in [9.17, 15) is 0 Å². The topological polar surface area (TPSA) is 42.1 Å². The Kier molecular flexibility index (Phi) is 3.02. The van der Waals surface area contributed by atoms with Gasteiger partial charge in [0.1, 0.15) is 5.82 Å². The molecule has 1 aromatic heterocycles. The van der Waals surface area contributed by atoms with Gasteiger partial charge in [0.2, 0.25) is 0 Å². The molecule has 0 fully saturated rings. The Hall–Kier alpha value is -1.35. The second kappa shape index (κ2) is 4.45. The van der Waals surface area contributed by atoms with Gasteiger partial charge in [0.15, 0.2) is 0 Å². The molecule has 2 N–H and O–H groups in total. The molecular weight excluding hydrogens is 186 g/mol. The van der Waals surface area contributed by atoms with Crippen LogP contribution in [0.2, 0.25) is 0 Å². The van der Waals surface area contributed by atoms with E-state index in [4.69, 9.17) is 5.73 Å². The van der Waals surface area contributed by atoms with E-state index in [0.717, 1.165) is 30.9 Å². The molecule has 1 aliphatic heterocycles. The molecule has 0 radical (unpaired) electrons. The van der Waals surface area contributed by atoms with Crippen LogP contribution < -0.4 is 10.6 Å². The lowest BCUT2D eigenvalue weighted by Gasteiger charge is -2.27. The maximum Gasteiger partial charge on any atom is 0.133 e. The lowest BCUT2D eigenvalue weighted by Crippen LogP contribution is -2.29. The predicted octanol–water partition coefficient (Wildman–Crippen LogP) is 1.87. The van der Waals surface area contributed by atoms with Crippen molar-refractivity contribution in [3.63, 3.8) is 0 Å². The highest BCUT2D eigenvalue weighted by Crippen LogP contribution is 2.23. The summed E-state index contributed by atoms with van der Waals surface area (Å²) in [5.41, 5.74) is 7.07. The van der Waals surface area contributed by atoms with Gasteiger partial charge in [-0.25, -0.2) is 4.98 Å². The van der Waals surface area contributed by atoms with Crippen molar-refractivity contribution in [1.29, 1.82) is 0 Å². The number of rotatable bonds is 2. The molecule has 15 heavy (non-hydrogen) atoms. The minimum atomic E-state index is 0.0413. The van der Waals surface area contributed by atoms with E-state index in [0.29, 0.717) is 0 Å². The van der Waals surface area contributed by atoms with Crippen molar-refractivity contribution in [2.24, 2.45) is 5.73 Å². The molecule has 0 saturated carbocycles. The first-order chi connectivity index (χ1) is 7.29. The lowest BCUT2D eigenvalue weighted by molar-refractivity contribution is 0.760. The van der Waals surface area contributed by atoms with Crippen LogP contribution in [-0.4, -0.2) is 18.1 Å². The molecule has 80 valence electrons. The lowest BCUT2D eigenvalue weighted by atomic mass is 10.1. The molecule has 1 unspecified atom stereocenters. The summed E-state index contributed by atoms with van der Waals surface area (Å²) in [6.45, 7) is 3.98. The largest absolute Gasteiger partial charge is 0.352 e. The highest BCUT2D eigenvalue weighted by atomic mass is 15.2. The van der Waals surface area contributed by atoms with Crippen molar-refractivity contribution in [2.45, 2.75) is 19.4 Å². The van der Waals surface area contributed by atoms with Crippen LogP contribution in [0.1, 0.15) is 24.9 Å². The van der Waals surface area contributed by atoms with E-state index in [2.05, 4.69) is 28.1 Å². The third-order valence-corrected chi connectivity index (χ3v) is 2.67. The average Bonchev–Trinajstić information content (AvgIpc) is 2.30. The fraction of sp³-hybridized carbons (Fsp3) is 0.417. The molecule has 0 bridgehead atoms. The standard InChI is InChI=1S/C12H17N3/c1-10(13)11-6-5-7-14-12(11)15-8-3-2-4-9-15/h2-3,5-7,10H,4,8-9,13H2,1H3. The van der Waals surface area contributed by atoms with Gasteiger partial charge in [0, 0.05) is 30.9 Å². The number of aromatic nitrogens is 1. The summed E-state index contributed by atoms with van der Waals surface area (Å²) >= 11 is 0. The molecule has 0 spiro atoms. The Morgan fingerprint density at radius 2 is 2.33 bits per heavy atom. The number of nitrogens with zero attached hydrogens (tertiary/aromatic N) is 2. The smallest absolute Gasteiger partial charge is 0.133 e. The van der Waals surface area contributed by atoms with Gasteiger partial charge in [-0.3, -0.25) is 0 Å². The van der Waals surface area contributed by atoms with Crippen LogP contribution in [0, 0.1) is 0 Å². The van der Waals surface area contributed by atoms with Crippen molar-refractivity contribution in [2.75, 3.05) is 18.0 Å². The van der Waals surface area contributed by atoms with Gasteiger partial charge in [0.25, 0.3) is 0 Å². The zero-order valence-electron chi connectivity index (χ0n) is 9.06. The highest BCUT2D eigenvalue weighted by Gasteiger charge is 2.14. The molecule has 2 heterocycles. The molecule has 0 aliphatic carbocycles. The van der Waals surface area contributed by atoms with Gasteiger partial charge >= 0.3 is 0 Å². The Labute approximate surface area is 90.6 Å². The summed E-state index contributed by atoms with van der Waals surface area (Å²) in [6, 6.07) is 4.05. The van der Waals surface area contributed by atoms with Gasteiger partial charge < -0.3 is 10.6 Å². The fourth-order valence-electron chi connectivity index (χ4n) is 1.86. The normalized spacial score (nSPS) is 17.9. The Bertz CT molecular complexity index is 358. The highest BCUT2D eigenvalue weighted by molar-refractivity contribution is 5.49. The molecule has 3 heteroatoms. The Morgan fingerprint density at radius 3 is 3.00 bits per heavy atom. The number of pyridine rings is 1. The molecule has 3 nitrogen and oxygen atoms in total. The van der Waals surface area contributed by atoms with Gasteiger partial charge in [0.05, 0.1) is 0 Å². The predicted molar refractivity (Wildman–Crippen MR) is 62.8 cm³/mol. The molecule has 0 amide bonds. The summed E-state index contributed by atoms with van der Waals surface area (Å²) < 4.78 is 0. The van der Waals surface area contributed by atoms with E-state index in [1.54, 1.807) is 0 Å². The first-order valence-electron chi connectivity index (χ1n) is 5.39. The summed E-state index contributed by atoms with van der Waals surface area (Å²) in [6.07, 6.45) is 7.32. The van der Waals surface area contributed by atoms with Gasteiger partial charge in [-0.05, 0) is 19.4 Å². The number of anilines is 1. The number of nitrogens with two attached hydrogens (primary N) is 1. The fourth-order valence-corrected chi connectivity index (χ4v) is 1.86. The molecular formula is C12H17N3. The van der Waals surface area contributed by atoms with Crippen LogP contribution in [0.15, 0.2) is 30.5 Å². The van der Waals surface area contributed by atoms with Crippen LogP contribution in [-0.2, 0) is 0 Å². The maximum absolute atomic E-state index is 5.94. The summed E-state index contributed by atoms with van der Waals surface area (Å²) in [5.74, 6) is 1.04. The van der Waals surface area contributed by atoms with E-state index in [-0.39, 0.29) is 6.04 Å². The third-order valence-electron chi connectivity index (χ3n) is 2.67. The summed E-state index contributed by atoms with van der Waals surface area (Å²) in [5, 5.41) is 0. The van der Waals surface area contributed by atoms with Crippen LogP contribution >= 0.6 is 0 Å². The van der Waals surface area contributed by atoms with Gasteiger partial charge in [-0.1, -0.05) is 18.2 Å². The van der Waals surface area contributed by atoms with Crippen molar-refractivity contribution in [3.8, 4) is 0 Å². The Morgan fingerprint density at radius 1 is 1.47 bits per heavy atom. The monoisotopic (exact) mass is 203 g/mol. The minimum Gasteiger partial charge on any atom is -0.352 e. The van der Waals surface area contributed by atoms with E-state index < -0.39 is 0 Å². The van der Waals surface area contributed by atoms with Crippen molar-refractivity contribution >= 4 is 5.82 Å². The third kappa shape index (κ3) is 2.18. The van der Waals surface area contributed by atoms with Crippen LogP contribution in [0.25, 0.3) is 0 Å². The second-order valence-corrected chi connectivity index (χ2v) is 3.91. The first kappa shape index (κ1) is 10.2. The molecule has 1 aromatic rings. The van der Waals surface area contributed by atoms with Crippen molar-refractivity contribution in [1.82, 2.24) is 4.98 Å². The van der Waals surface area contributed by atoms with E-state index in [1.165, 1.54) is 0 Å². The average molecular weight is 203 g/mol. The maximum atomic E-state index is 5.94. The van der Waals surface area contributed by atoms with Crippen molar-refractivity contribution < 1.29 is 0 Å². The molecule has 2 rings (SSSR count). The Balaban J connectivity index is 2.30. The van der Waals surface area contributed by atoms with Gasteiger partial charge in [-0.2, -0.15) is 0 Å². The number of hydrogen-bond donors (Lipinski definition) is 1. The quantitative estimate of drug-likeness (QED) is 0.746. The summed E-state index contributed by atoms with van der Waals surface area (Å²) in [7, 11) is 0. The van der Waals surface area contributed by atoms with Gasteiger partial charge in [-0.15, -0.1) is 0 Å². The molecule has 0 saturated heterocycles. The van der Waals surface area contributed by atoms with Crippen LogP contribution in [0.5, 0.6) is 0 Å². The minimum absolute atomic E-state index is 0.0413. The zero-order valence-corrected chi connectivity index (χ0v) is 9.06. The second-order valence-electron chi connectivity index (χ2n) is 3.91. The van der Waals surface area contributed by atoms with E-state index in [1.807, 2.05) is 19.2 Å². The van der Waals surface area contributed by atoms with E-state index >= 15 is 0 Å².